The number of nitrogens with one attached hydrogen (secondary N) is 3. The molecular formula is C12H17N3O5. The van der Waals surface area contributed by atoms with Crippen LogP contribution in [0.1, 0.15) is 26.0 Å². The first-order valence-corrected chi connectivity index (χ1v) is 6.12. The second-order valence-corrected chi connectivity index (χ2v) is 4.88. The van der Waals surface area contributed by atoms with Gasteiger partial charge in [-0.05, 0) is 12.3 Å². The van der Waals surface area contributed by atoms with Crippen molar-refractivity contribution in [1.82, 2.24) is 15.3 Å². The zero-order valence-electron chi connectivity index (χ0n) is 11.2. The number of H-pyrrole nitrogens is 2. The van der Waals surface area contributed by atoms with Crippen LogP contribution in [0.4, 0.5) is 0 Å². The van der Waals surface area contributed by atoms with Crippen molar-refractivity contribution >= 4 is 11.9 Å². The normalized spacial score (nSPS) is 12.2. The Bertz CT molecular complexity index is 573. The Morgan fingerprint density at radius 3 is 2.45 bits per heavy atom. The molecule has 0 unspecified atom stereocenters. The standard InChI is InChI=1S/C12H17N3O5/c1-6(2)3-8(11(18)19)14-9(16)4-7-5-10(17)15-12(20)13-7/h5-6,8H,3-4H2,1-2H3,(H,14,16)(H,18,19)(H2,13,15,17,20)/t8-/m1/s1. The number of hydrogen-bond donors (Lipinski definition) is 4. The first kappa shape index (κ1) is 15.7. The summed E-state index contributed by atoms with van der Waals surface area (Å²) in [5.41, 5.74) is -1.20. The Morgan fingerprint density at radius 1 is 1.30 bits per heavy atom. The molecule has 1 aromatic rings. The Labute approximate surface area is 114 Å². The van der Waals surface area contributed by atoms with Crippen molar-refractivity contribution in [3.05, 3.63) is 32.6 Å². The van der Waals surface area contributed by atoms with E-state index in [1.54, 1.807) is 0 Å². The molecule has 0 fully saturated rings. The molecule has 8 nitrogen and oxygen atoms in total. The number of carbonyl (C=O) groups excluding carboxylic acids is 1. The van der Waals surface area contributed by atoms with E-state index >= 15 is 0 Å². The lowest BCUT2D eigenvalue weighted by atomic mass is 10.0. The minimum Gasteiger partial charge on any atom is -0.480 e. The highest BCUT2D eigenvalue weighted by molar-refractivity contribution is 5.84. The zero-order chi connectivity index (χ0) is 15.3. The van der Waals surface area contributed by atoms with Gasteiger partial charge in [0.1, 0.15) is 6.04 Å². The number of carbonyl (C=O) groups is 2. The second kappa shape index (κ2) is 6.69. The quantitative estimate of drug-likeness (QED) is 0.543. The Kier molecular flexibility index (Phi) is 5.24. The maximum absolute atomic E-state index is 11.7. The van der Waals surface area contributed by atoms with Gasteiger partial charge in [-0.15, -0.1) is 0 Å². The van der Waals surface area contributed by atoms with Gasteiger partial charge in [0, 0.05) is 11.8 Å². The molecule has 0 aliphatic rings. The molecule has 0 saturated carbocycles. The van der Waals surface area contributed by atoms with Crippen molar-refractivity contribution < 1.29 is 14.7 Å². The topological polar surface area (TPSA) is 132 Å². The van der Waals surface area contributed by atoms with E-state index in [1.807, 2.05) is 18.8 Å². The summed E-state index contributed by atoms with van der Waals surface area (Å²) in [6.45, 7) is 3.69. The summed E-state index contributed by atoms with van der Waals surface area (Å²) in [5.74, 6) is -1.58. The van der Waals surface area contributed by atoms with Crippen LogP contribution >= 0.6 is 0 Å². The van der Waals surface area contributed by atoms with Crippen molar-refractivity contribution in [2.75, 3.05) is 0 Å². The molecule has 1 heterocycles. The Balaban J connectivity index is 2.72. The molecule has 0 bridgehead atoms. The van der Waals surface area contributed by atoms with Crippen molar-refractivity contribution in [1.29, 1.82) is 0 Å². The van der Waals surface area contributed by atoms with Crippen LogP contribution in [0.15, 0.2) is 15.7 Å². The van der Waals surface area contributed by atoms with E-state index in [-0.39, 0.29) is 18.0 Å². The Hall–Kier alpha value is -2.38. The van der Waals surface area contributed by atoms with Gasteiger partial charge in [0.2, 0.25) is 5.91 Å². The number of carboxylic acids is 1. The average molecular weight is 283 g/mol. The minimum absolute atomic E-state index is 0.107. The molecule has 1 amide bonds. The molecule has 0 spiro atoms. The van der Waals surface area contributed by atoms with Gasteiger partial charge >= 0.3 is 11.7 Å². The summed E-state index contributed by atoms with van der Waals surface area (Å²) in [7, 11) is 0. The monoisotopic (exact) mass is 283 g/mol. The van der Waals surface area contributed by atoms with Crippen molar-refractivity contribution in [2.24, 2.45) is 5.92 Å². The van der Waals surface area contributed by atoms with Crippen LogP contribution in [0.2, 0.25) is 0 Å². The van der Waals surface area contributed by atoms with Crippen LogP contribution in [-0.2, 0) is 16.0 Å². The van der Waals surface area contributed by atoms with Crippen molar-refractivity contribution in [3.63, 3.8) is 0 Å². The van der Waals surface area contributed by atoms with Gasteiger partial charge in [0.15, 0.2) is 0 Å². The third kappa shape index (κ3) is 5.09. The van der Waals surface area contributed by atoms with Gasteiger partial charge in [0.05, 0.1) is 6.42 Å². The van der Waals surface area contributed by atoms with Crippen LogP contribution in [-0.4, -0.2) is 33.0 Å². The molecule has 4 N–H and O–H groups in total. The van der Waals surface area contributed by atoms with Crippen LogP contribution < -0.4 is 16.6 Å². The third-order valence-electron chi connectivity index (χ3n) is 2.51. The molecule has 0 aliphatic heterocycles. The summed E-state index contributed by atoms with van der Waals surface area (Å²) in [5, 5.41) is 11.4. The maximum atomic E-state index is 11.7. The van der Waals surface area contributed by atoms with Gasteiger partial charge < -0.3 is 15.4 Å². The highest BCUT2D eigenvalue weighted by Gasteiger charge is 2.21. The number of aromatic amines is 2. The molecule has 0 saturated heterocycles. The molecular weight excluding hydrogens is 266 g/mol. The zero-order valence-corrected chi connectivity index (χ0v) is 11.2. The van der Waals surface area contributed by atoms with E-state index in [9.17, 15) is 19.2 Å². The Morgan fingerprint density at radius 2 is 1.95 bits per heavy atom. The van der Waals surface area contributed by atoms with Gasteiger partial charge in [-0.25, -0.2) is 9.59 Å². The fourth-order valence-corrected chi connectivity index (χ4v) is 1.73. The number of amides is 1. The molecule has 8 heteroatoms. The highest BCUT2D eigenvalue weighted by atomic mass is 16.4. The van der Waals surface area contributed by atoms with Crippen LogP contribution in [0.25, 0.3) is 0 Å². The molecule has 1 atom stereocenters. The average Bonchev–Trinajstić information content (AvgIpc) is 2.25. The summed E-state index contributed by atoms with van der Waals surface area (Å²) >= 11 is 0. The van der Waals surface area contributed by atoms with E-state index in [1.165, 1.54) is 0 Å². The fraction of sp³-hybridized carbons (Fsp3) is 0.500. The predicted octanol–water partition coefficient (Wildman–Crippen LogP) is -0.779. The highest BCUT2D eigenvalue weighted by Crippen LogP contribution is 2.05. The number of aliphatic carboxylic acids is 1. The lowest BCUT2D eigenvalue weighted by Crippen LogP contribution is -2.42. The van der Waals surface area contributed by atoms with Gasteiger partial charge in [-0.2, -0.15) is 0 Å². The lowest BCUT2D eigenvalue weighted by Gasteiger charge is -2.16. The number of aromatic nitrogens is 2. The SMILES string of the molecule is CC(C)C[C@@H](NC(=O)Cc1cc(=O)[nH]c(=O)[nH]1)C(=O)O. The van der Waals surface area contributed by atoms with Crippen LogP contribution in [0.5, 0.6) is 0 Å². The van der Waals surface area contributed by atoms with Gasteiger partial charge in [-0.3, -0.25) is 14.6 Å². The first-order chi connectivity index (χ1) is 9.27. The van der Waals surface area contributed by atoms with Crippen molar-refractivity contribution in [2.45, 2.75) is 32.7 Å². The molecule has 1 aromatic heterocycles. The number of carboxylic acid groups (broad SMARTS) is 1. The second-order valence-electron chi connectivity index (χ2n) is 4.88. The summed E-state index contributed by atoms with van der Waals surface area (Å²) in [6.07, 6.45) is 0.0357. The van der Waals surface area contributed by atoms with E-state index in [4.69, 9.17) is 5.11 Å². The predicted molar refractivity (Wildman–Crippen MR) is 70.4 cm³/mol. The summed E-state index contributed by atoms with van der Waals surface area (Å²) in [4.78, 5) is 49.1. The number of hydrogen-bond acceptors (Lipinski definition) is 4. The van der Waals surface area contributed by atoms with E-state index in [2.05, 4.69) is 10.3 Å². The van der Waals surface area contributed by atoms with Gasteiger partial charge in [-0.1, -0.05) is 13.8 Å². The molecule has 0 aromatic carbocycles. The third-order valence-corrected chi connectivity index (χ3v) is 2.51. The maximum Gasteiger partial charge on any atom is 0.326 e. The van der Waals surface area contributed by atoms with E-state index in [0.717, 1.165) is 6.07 Å². The van der Waals surface area contributed by atoms with Crippen LogP contribution in [0, 0.1) is 5.92 Å². The van der Waals surface area contributed by atoms with Crippen LogP contribution in [0.3, 0.4) is 0 Å². The first-order valence-electron chi connectivity index (χ1n) is 6.12. The number of rotatable bonds is 6. The molecule has 1 rings (SSSR count). The van der Waals surface area contributed by atoms with E-state index in [0.29, 0.717) is 6.42 Å². The summed E-state index contributed by atoms with van der Waals surface area (Å²) in [6, 6.07) is 0.0929. The minimum atomic E-state index is -1.12. The van der Waals surface area contributed by atoms with Gasteiger partial charge in [0.25, 0.3) is 5.56 Å². The summed E-state index contributed by atoms with van der Waals surface area (Å²) < 4.78 is 0. The molecule has 0 aliphatic carbocycles. The lowest BCUT2D eigenvalue weighted by molar-refractivity contribution is -0.142. The largest absolute Gasteiger partial charge is 0.480 e. The smallest absolute Gasteiger partial charge is 0.326 e. The fourth-order valence-electron chi connectivity index (χ4n) is 1.73. The van der Waals surface area contributed by atoms with Crippen molar-refractivity contribution in [3.8, 4) is 0 Å². The molecule has 110 valence electrons. The molecule has 20 heavy (non-hydrogen) atoms. The van der Waals surface area contributed by atoms with E-state index < -0.39 is 29.2 Å². The molecule has 0 radical (unpaired) electrons.